The lowest BCUT2D eigenvalue weighted by Crippen LogP contribution is -2.36. The minimum atomic E-state index is -0.411. The molecular weight excluding hydrogens is 264 g/mol. The number of thioether (sulfide) groups is 1. The number of amides is 1. The summed E-state index contributed by atoms with van der Waals surface area (Å²) >= 11 is 3.48. The first-order valence-corrected chi connectivity index (χ1v) is 7.98. The Hall–Kier alpha value is -0.990. The van der Waals surface area contributed by atoms with Gasteiger partial charge in [0.15, 0.2) is 0 Å². The monoisotopic (exact) mass is 280 g/mol. The molecule has 3 nitrogen and oxygen atoms in total. The van der Waals surface area contributed by atoms with Crippen LogP contribution < -0.4 is 5.32 Å². The summed E-state index contributed by atoms with van der Waals surface area (Å²) in [5.74, 6) is 2.16. The number of nitrogens with zero attached hydrogens (tertiary/aromatic N) is 1. The highest BCUT2D eigenvalue weighted by Gasteiger charge is 2.20. The van der Waals surface area contributed by atoms with Gasteiger partial charge < -0.3 is 5.32 Å². The lowest BCUT2D eigenvalue weighted by molar-refractivity contribution is 0.0941. The van der Waals surface area contributed by atoms with Crippen molar-refractivity contribution in [1.82, 2.24) is 5.32 Å². The second-order valence-corrected chi connectivity index (χ2v) is 6.93. The Morgan fingerprint density at radius 2 is 2.33 bits per heavy atom. The Labute approximate surface area is 116 Å². The fraction of sp³-hybridized carbons (Fsp3) is 0.538. The van der Waals surface area contributed by atoms with Gasteiger partial charge in [-0.15, -0.1) is 11.3 Å². The first kappa shape index (κ1) is 13.4. The van der Waals surface area contributed by atoms with E-state index in [-0.39, 0.29) is 11.8 Å². The molecule has 1 atom stereocenters. The molecule has 0 spiro atoms. The Kier molecular flexibility index (Phi) is 4.31. The SMILES string of the molecule is CC(C)C(C#N)NC(=O)c1cc2c(s1)CCSC2. The molecule has 1 unspecified atom stereocenters. The average molecular weight is 280 g/mol. The van der Waals surface area contributed by atoms with Gasteiger partial charge in [-0.2, -0.15) is 17.0 Å². The van der Waals surface area contributed by atoms with Crippen LogP contribution >= 0.6 is 23.1 Å². The van der Waals surface area contributed by atoms with Crippen molar-refractivity contribution in [3.05, 3.63) is 21.4 Å². The Balaban J connectivity index is 2.10. The van der Waals surface area contributed by atoms with Crippen molar-refractivity contribution in [1.29, 1.82) is 5.26 Å². The van der Waals surface area contributed by atoms with E-state index in [0.717, 1.165) is 22.8 Å². The molecule has 0 fully saturated rings. The smallest absolute Gasteiger partial charge is 0.262 e. The van der Waals surface area contributed by atoms with Crippen LogP contribution in [-0.2, 0) is 12.2 Å². The summed E-state index contributed by atoms with van der Waals surface area (Å²) in [6, 6.07) is 3.70. The lowest BCUT2D eigenvalue weighted by atomic mass is 10.1. The average Bonchev–Trinajstić information content (AvgIpc) is 2.79. The number of nitrogens with one attached hydrogen (secondary N) is 1. The van der Waals surface area contributed by atoms with Gasteiger partial charge in [-0.25, -0.2) is 0 Å². The largest absolute Gasteiger partial charge is 0.335 e. The van der Waals surface area contributed by atoms with E-state index in [9.17, 15) is 4.79 Å². The van der Waals surface area contributed by atoms with Gasteiger partial charge in [0.05, 0.1) is 10.9 Å². The summed E-state index contributed by atoms with van der Waals surface area (Å²) in [5, 5.41) is 11.8. The molecule has 1 N–H and O–H groups in total. The van der Waals surface area contributed by atoms with Crippen LogP contribution in [0.1, 0.15) is 34.0 Å². The van der Waals surface area contributed by atoms with Crippen molar-refractivity contribution in [2.75, 3.05) is 5.75 Å². The van der Waals surface area contributed by atoms with Gasteiger partial charge in [0.25, 0.3) is 5.91 Å². The van der Waals surface area contributed by atoms with Crippen LogP contribution in [0.3, 0.4) is 0 Å². The van der Waals surface area contributed by atoms with E-state index in [2.05, 4.69) is 11.4 Å². The number of fused-ring (bicyclic) bond motifs is 1. The molecule has 1 aromatic rings. The molecule has 0 aliphatic carbocycles. The number of carbonyl (C=O) groups excluding carboxylic acids is 1. The molecule has 0 aromatic carbocycles. The van der Waals surface area contributed by atoms with E-state index in [1.807, 2.05) is 31.7 Å². The van der Waals surface area contributed by atoms with Gasteiger partial charge in [-0.1, -0.05) is 13.8 Å². The zero-order valence-corrected chi connectivity index (χ0v) is 12.2. The Bertz CT molecular complexity index is 464. The number of hydrogen-bond acceptors (Lipinski definition) is 4. The fourth-order valence-electron chi connectivity index (χ4n) is 1.82. The first-order chi connectivity index (χ1) is 8.61. The zero-order valence-electron chi connectivity index (χ0n) is 10.5. The third-order valence-corrected chi connectivity index (χ3v) is 5.19. The molecule has 1 aliphatic rings. The zero-order chi connectivity index (χ0) is 13.1. The molecule has 96 valence electrons. The van der Waals surface area contributed by atoms with E-state index in [1.54, 1.807) is 11.3 Å². The quantitative estimate of drug-likeness (QED) is 0.926. The highest BCUT2D eigenvalue weighted by Crippen LogP contribution is 2.31. The van der Waals surface area contributed by atoms with Crippen LogP contribution in [0, 0.1) is 17.2 Å². The molecule has 2 rings (SSSR count). The standard InChI is InChI=1S/C13H16N2OS2/c1-8(2)10(6-14)15-13(16)12-5-9-7-17-4-3-11(9)18-12/h5,8,10H,3-4,7H2,1-2H3,(H,15,16). The molecule has 0 saturated carbocycles. The normalized spacial score (nSPS) is 15.9. The topological polar surface area (TPSA) is 52.9 Å². The Morgan fingerprint density at radius 3 is 2.94 bits per heavy atom. The molecule has 1 aromatic heterocycles. The number of thiophene rings is 1. The number of nitriles is 1. The van der Waals surface area contributed by atoms with E-state index < -0.39 is 6.04 Å². The molecule has 0 bridgehead atoms. The van der Waals surface area contributed by atoms with Crippen LogP contribution in [0.25, 0.3) is 0 Å². The van der Waals surface area contributed by atoms with Gasteiger partial charge in [-0.05, 0) is 29.7 Å². The van der Waals surface area contributed by atoms with Crippen LogP contribution in [0.5, 0.6) is 0 Å². The van der Waals surface area contributed by atoms with Crippen molar-refractivity contribution < 1.29 is 4.79 Å². The minimum Gasteiger partial charge on any atom is -0.335 e. The van der Waals surface area contributed by atoms with E-state index in [1.165, 1.54) is 10.4 Å². The highest BCUT2D eigenvalue weighted by molar-refractivity contribution is 7.98. The summed E-state index contributed by atoms with van der Waals surface area (Å²) in [4.78, 5) is 14.1. The van der Waals surface area contributed by atoms with Gasteiger partial charge in [0.2, 0.25) is 0 Å². The van der Waals surface area contributed by atoms with E-state index in [0.29, 0.717) is 0 Å². The maximum Gasteiger partial charge on any atom is 0.262 e. The highest BCUT2D eigenvalue weighted by atomic mass is 32.2. The summed E-state index contributed by atoms with van der Waals surface area (Å²) in [5.41, 5.74) is 1.29. The van der Waals surface area contributed by atoms with Gasteiger partial charge >= 0.3 is 0 Å². The van der Waals surface area contributed by atoms with Crippen LogP contribution in [-0.4, -0.2) is 17.7 Å². The molecule has 1 aliphatic heterocycles. The van der Waals surface area contributed by atoms with Crippen molar-refractivity contribution in [2.24, 2.45) is 5.92 Å². The third-order valence-electron chi connectivity index (χ3n) is 2.94. The van der Waals surface area contributed by atoms with Crippen molar-refractivity contribution in [3.63, 3.8) is 0 Å². The molecule has 18 heavy (non-hydrogen) atoms. The van der Waals surface area contributed by atoms with E-state index >= 15 is 0 Å². The van der Waals surface area contributed by atoms with Gasteiger partial charge in [0, 0.05) is 10.6 Å². The van der Waals surface area contributed by atoms with Crippen molar-refractivity contribution in [3.8, 4) is 6.07 Å². The second-order valence-electron chi connectivity index (χ2n) is 4.69. The second kappa shape index (κ2) is 5.77. The van der Waals surface area contributed by atoms with E-state index in [4.69, 9.17) is 5.26 Å². The maximum absolute atomic E-state index is 12.1. The molecule has 2 heterocycles. The number of hydrogen-bond donors (Lipinski definition) is 1. The minimum absolute atomic E-state index is 0.111. The van der Waals surface area contributed by atoms with Crippen molar-refractivity contribution >= 4 is 29.0 Å². The van der Waals surface area contributed by atoms with Gasteiger partial charge in [-0.3, -0.25) is 4.79 Å². The first-order valence-electron chi connectivity index (χ1n) is 6.01. The predicted molar refractivity (Wildman–Crippen MR) is 75.9 cm³/mol. The molecule has 0 radical (unpaired) electrons. The number of rotatable bonds is 3. The predicted octanol–water partition coefficient (Wildman–Crippen LogP) is 2.82. The number of carbonyl (C=O) groups is 1. The molecular formula is C13H16N2OS2. The van der Waals surface area contributed by atoms with Crippen LogP contribution in [0.4, 0.5) is 0 Å². The third kappa shape index (κ3) is 2.88. The summed E-state index contributed by atoms with van der Waals surface area (Å²) in [6.45, 7) is 3.87. The number of aryl methyl sites for hydroxylation is 1. The molecule has 5 heteroatoms. The van der Waals surface area contributed by atoms with Crippen LogP contribution in [0.15, 0.2) is 6.07 Å². The maximum atomic E-state index is 12.1. The summed E-state index contributed by atoms with van der Waals surface area (Å²) in [6.07, 6.45) is 1.06. The van der Waals surface area contributed by atoms with Gasteiger partial charge in [0.1, 0.15) is 6.04 Å². The molecule has 0 saturated heterocycles. The lowest BCUT2D eigenvalue weighted by Gasteiger charge is -2.13. The summed E-state index contributed by atoms with van der Waals surface area (Å²) < 4.78 is 0. The van der Waals surface area contributed by atoms with Crippen LogP contribution in [0.2, 0.25) is 0 Å². The fourth-order valence-corrected chi connectivity index (χ4v) is 4.09. The Morgan fingerprint density at radius 1 is 1.56 bits per heavy atom. The summed E-state index contributed by atoms with van der Waals surface area (Å²) in [7, 11) is 0. The molecule has 1 amide bonds. The van der Waals surface area contributed by atoms with Crippen molar-refractivity contribution in [2.45, 2.75) is 32.1 Å².